The van der Waals surface area contributed by atoms with E-state index >= 15 is 0 Å². The molecule has 0 saturated heterocycles. The summed E-state index contributed by atoms with van der Waals surface area (Å²) in [6.07, 6.45) is 0. The van der Waals surface area contributed by atoms with Crippen LogP contribution >= 0.6 is 0 Å². The van der Waals surface area contributed by atoms with E-state index in [0.29, 0.717) is 28.4 Å². The van der Waals surface area contributed by atoms with Gasteiger partial charge in [0.25, 0.3) is 0 Å². The van der Waals surface area contributed by atoms with Gasteiger partial charge < -0.3 is 15.6 Å². The molecule has 0 aliphatic heterocycles. The van der Waals surface area contributed by atoms with Crippen LogP contribution in [0.25, 0.3) is 16.9 Å². The standard InChI is InChI=1S/C16H14N4O3/c1-23-13-7-5-12(6-8-13)20-15(14(16(21)22)18-19-20)10-3-2-4-11(17)9-10/h2-9H,17H2,1H3,(H,21,22). The zero-order valence-electron chi connectivity index (χ0n) is 12.3. The Morgan fingerprint density at radius 3 is 2.57 bits per heavy atom. The van der Waals surface area contributed by atoms with E-state index in [0.717, 1.165) is 0 Å². The number of aromatic carboxylic acids is 1. The number of hydrogen-bond donors (Lipinski definition) is 2. The number of benzene rings is 2. The van der Waals surface area contributed by atoms with Crippen LogP contribution in [-0.2, 0) is 0 Å². The lowest BCUT2D eigenvalue weighted by Crippen LogP contribution is -2.03. The first-order valence-corrected chi connectivity index (χ1v) is 6.79. The third-order valence-electron chi connectivity index (χ3n) is 3.35. The van der Waals surface area contributed by atoms with E-state index < -0.39 is 5.97 Å². The number of rotatable bonds is 4. The quantitative estimate of drug-likeness (QED) is 0.716. The summed E-state index contributed by atoms with van der Waals surface area (Å²) in [5, 5.41) is 17.1. The molecule has 0 atom stereocenters. The van der Waals surface area contributed by atoms with Crippen LogP contribution in [0.1, 0.15) is 10.5 Å². The lowest BCUT2D eigenvalue weighted by molar-refractivity contribution is 0.0691. The summed E-state index contributed by atoms with van der Waals surface area (Å²) in [5.41, 5.74) is 7.87. The van der Waals surface area contributed by atoms with E-state index in [1.807, 2.05) is 0 Å². The van der Waals surface area contributed by atoms with Crippen molar-refractivity contribution in [2.75, 3.05) is 12.8 Å². The molecule has 0 amide bonds. The van der Waals surface area contributed by atoms with Crippen molar-refractivity contribution in [3.05, 3.63) is 54.2 Å². The molecule has 0 fully saturated rings. The number of methoxy groups -OCH3 is 1. The third-order valence-corrected chi connectivity index (χ3v) is 3.35. The molecule has 3 N–H and O–H groups in total. The Hall–Kier alpha value is -3.35. The smallest absolute Gasteiger partial charge is 0.358 e. The van der Waals surface area contributed by atoms with Gasteiger partial charge in [-0.2, -0.15) is 0 Å². The van der Waals surface area contributed by atoms with Crippen LogP contribution in [0.15, 0.2) is 48.5 Å². The van der Waals surface area contributed by atoms with Gasteiger partial charge in [-0.05, 0) is 36.4 Å². The maximum Gasteiger partial charge on any atom is 0.358 e. The number of nitrogen functional groups attached to an aromatic ring is 1. The van der Waals surface area contributed by atoms with Gasteiger partial charge in [-0.25, -0.2) is 9.48 Å². The molecule has 0 bridgehead atoms. The van der Waals surface area contributed by atoms with Gasteiger partial charge in [0, 0.05) is 11.3 Å². The predicted octanol–water partition coefficient (Wildman–Crippen LogP) is 2.22. The van der Waals surface area contributed by atoms with E-state index in [-0.39, 0.29) is 5.69 Å². The Kier molecular flexibility index (Phi) is 3.68. The van der Waals surface area contributed by atoms with Crippen molar-refractivity contribution >= 4 is 11.7 Å². The van der Waals surface area contributed by atoms with Gasteiger partial charge in [-0.3, -0.25) is 0 Å². The number of carbonyl (C=O) groups is 1. The van der Waals surface area contributed by atoms with Crippen molar-refractivity contribution in [1.82, 2.24) is 15.0 Å². The summed E-state index contributed by atoms with van der Waals surface area (Å²) in [5.74, 6) is -0.458. The van der Waals surface area contributed by atoms with Crippen molar-refractivity contribution < 1.29 is 14.6 Å². The number of nitrogens with zero attached hydrogens (tertiary/aromatic N) is 3. The highest BCUT2D eigenvalue weighted by Crippen LogP contribution is 2.27. The van der Waals surface area contributed by atoms with Crippen molar-refractivity contribution in [1.29, 1.82) is 0 Å². The summed E-state index contributed by atoms with van der Waals surface area (Å²) in [6, 6.07) is 14.0. The van der Waals surface area contributed by atoms with Crippen LogP contribution < -0.4 is 10.5 Å². The highest BCUT2D eigenvalue weighted by molar-refractivity contribution is 5.93. The van der Waals surface area contributed by atoms with Gasteiger partial charge in [-0.1, -0.05) is 17.3 Å². The minimum Gasteiger partial charge on any atom is -0.497 e. The fourth-order valence-electron chi connectivity index (χ4n) is 2.28. The highest BCUT2D eigenvalue weighted by Gasteiger charge is 2.21. The molecule has 116 valence electrons. The summed E-state index contributed by atoms with van der Waals surface area (Å²) >= 11 is 0. The van der Waals surface area contributed by atoms with Crippen LogP contribution in [0.2, 0.25) is 0 Å². The first kappa shape index (κ1) is 14.6. The molecule has 7 heteroatoms. The Morgan fingerprint density at radius 2 is 1.96 bits per heavy atom. The van der Waals surface area contributed by atoms with E-state index in [9.17, 15) is 9.90 Å². The number of carboxylic acid groups (broad SMARTS) is 1. The van der Waals surface area contributed by atoms with Gasteiger partial charge in [-0.15, -0.1) is 5.10 Å². The number of hydrogen-bond acceptors (Lipinski definition) is 5. The largest absolute Gasteiger partial charge is 0.497 e. The number of carboxylic acids is 1. The van der Waals surface area contributed by atoms with Gasteiger partial charge in [0.2, 0.25) is 0 Å². The monoisotopic (exact) mass is 310 g/mol. The van der Waals surface area contributed by atoms with Crippen molar-refractivity contribution in [2.24, 2.45) is 0 Å². The predicted molar refractivity (Wildman–Crippen MR) is 84.7 cm³/mol. The van der Waals surface area contributed by atoms with Crippen LogP contribution in [0.3, 0.4) is 0 Å². The molecule has 0 radical (unpaired) electrons. The average Bonchev–Trinajstić information content (AvgIpc) is 3.00. The first-order valence-electron chi connectivity index (χ1n) is 6.79. The second-order valence-corrected chi connectivity index (χ2v) is 4.83. The molecule has 23 heavy (non-hydrogen) atoms. The molecular formula is C16H14N4O3. The van der Waals surface area contributed by atoms with Gasteiger partial charge in [0.05, 0.1) is 12.8 Å². The zero-order chi connectivity index (χ0) is 16.4. The summed E-state index contributed by atoms with van der Waals surface area (Å²) in [4.78, 5) is 11.5. The minimum absolute atomic E-state index is 0.133. The molecule has 0 spiro atoms. The van der Waals surface area contributed by atoms with Crippen molar-refractivity contribution in [3.8, 4) is 22.7 Å². The lowest BCUT2D eigenvalue weighted by Gasteiger charge is -2.08. The summed E-state index contributed by atoms with van der Waals surface area (Å²) in [6.45, 7) is 0. The first-order chi connectivity index (χ1) is 11.1. The molecule has 0 unspecified atom stereocenters. The molecule has 3 aromatic rings. The second-order valence-electron chi connectivity index (χ2n) is 4.83. The maximum absolute atomic E-state index is 11.5. The molecule has 0 aliphatic carbocycles. The fraction of sp³-hybridized carbons (Fsp3) is 0.0625. The van der Waals surface area contributed by atoms with Crippen molar-refractivity contribution in [2.45, 2.75) is 0 Å². The second kappa shape index (κ2) is 5.80. The lowest BCUT2D eigenvalue weighted by atomic mass is 10.1. The minimum atomic E-state index is -1.15. The third kappa shape index (κ3) is 2.71. The Balaban J connectivity index is 2.19. The fourth-order valence-corrected chi connectivity index (χ4v) is 2.28. The molecule has 0 aliphatic rings. The normalized spacial score (nSPS) is 10.5. The highest BCUT2D eigenvalue weighted by atomic mass is 16.5. The topological polar surface area (TPSA) is 103 Å². The molecule has 1 aromatic heterocycles. The number of anilines is 1. The van der Waals surface area contributed by atoms with E-state index in [1.165, 1.54) is 4.68 Å². The molecule has 3 rings (SSSR count). The van der Waals surface area contributed by atoms with Gasteiger partial charge >= 0.3 is 5.97 Å². The number of aromatic nitrogens is 3. The van der Waals surface area contributed by atoms with E-state index in [1.54, 1.807) is 55.6 Å². The average molecular weight is 310 g/mol. The molecule has 1 heterocycles. The molecule has 7 nitrogen and oxygen atoms in total. The van der Waals surface area contributed by atoms with Crippen LogP contribution in [0, 0.1) is 0 Å². The molecule has 0 saturated carbocycles. The number of nitrogens with two attached hydrogens (primary N) is 1. The molecule has 2 aromatic carbocycles. The summed E-state index contributed by atoms with van der Waals surface area (Å²) in [7, 11) is 1.57. The Bertz CT molecular complexity index is 856. The van der Waals surface area contributed by atoms with Crippen LogP contribution in [-0.4, -0.2) is 33.2 Å². The molecular weight excluding hydrogens is 296 g/mol. The van der Waals surface area contributed by atoms with Gasteiger partial charge in [0.1, 0.15) is 11.4 Å². The Morgan fingerprint density at radius 1 is 1.22 bits per heavy atom. The SMILES string of the molecule is COc1ccc(-n2nnc(C(=O)O)c2-c2cccc(N)c2)cc1. The van der Waals surface area contributed by atoms with Crippen LogP contribution in [0.5, 0.6) is 5.75 Å². The van der Waals surface area contributed by atoms with E-state index in [4.69, 9.17) is 10.5 Å². The number of ether oxygens (including phenoxy) is 1. The van der Waals surface area contributed by atoms with E-state index in [2.05, 4.69) is 10.3 Å². The van der Waals surface area contributed by atoms with Crippen LogP contribution in [0.4, 0.5) is 5.69 Å². The van der Waals surface area contributed by atoms with Crippen molar-refractivity contribution in [3.63, 3.8) is 0 Å². The maximum atomic E-state index is 11.5. The van der Waals surface area contributed by atoms with Gasteiger partial charge in [0.15, 0.2) is 5.69 Å². The summed E-state index contributed by atoms with van der Waals surface area (Å²) < 4.78 is 6.59. The zero-order valence-corrected chi connectivity index (χ0v) is 12.3. The Labute approximate surface area is 131 Å².